The molecule has 0 unspecified atom stereocenters. The summed E-state index contributed by atoms with van der Waals surface area (Å²) in [5, 5.41) is 3.41. The largest absolute Gasteiger partial charge is 0.490 e. The zero-order valence-electron chi connectivity index (χ0n) is 15.7. The van der Waals surface area contributed by atoms with Crippen LogP contribution < -0.4 is 10.1 Å². The normalized spacial score (nSPS) is 15.2. The zero-order chi connectivity index (χ0) is 19.9. The van der Waals surface area contributed by atoms with E-state index in [1.54, 1.807) is 18.2 Å². The molecule has 1 heterocycles. The Morgan fingerprint density at radius 2 is 1.96 bits per heavy atom. The van der Waals surface area contributed by atoms with Crippen LogP contribution in [-0.4, -0.2) is 30.5 Å². The van der Waals surface area contributed by atoms with E-state index in [4.69, 9.17) is 16.3 Å². The topological polar surface area (TPSA) is 41.6 Å². The molecule has 0 atom stereocenters. The molecular weight excluding hydrogens is 379 g/mol. The van der Waals surface area contributed by atoms with Crippen LogP contribution in [0.15, 0.2) is 55.1 Å². The fourth-order valence-corrected chi connectivity index (χ4v) is 3.52. The monoisotopic (exact) mass is 402 g/mol. The van der Waals surface area contributed by atoms with Gasteiger partial charge in [0.15, 0.2) is 0 Å². The number of ether oxygens (including phenoxy) is 1. The number of nitrogens with one attached hydrogen (secondary N) is 1. The molecule has 28 heavy (non-hydrogen) atoms. The highest BCUT2D eigenvalue weighted by atomic mass is 35.5. The van der Waals surface area contributed by atoms with E-state index in [2.05, 4.69) is 16.8 Å². The van der Waals surface area contributed by atoms with E-state index < -0.39 is 0 Å². The fraction of sp³-hybridized carbons (Fsp3) is 0.318. The number of hydrogen-bond donors (Lipinski definition) is 1. The maximum atomic E-state index is 14.0. The van der Waals surface area contributed by atoms with Gasteiger partial charge >= 0.3 is 0 Å². The van der Waals surface area contributed by atoms with Crippen molar-refractivity contribution in [1.82, 2.24) is 4.90 Å². The standard InChI is InChI=1S/C22H24ClFN2O2/c1-2-14-28-18-8-6-17(7-9-18)25-22(27)16-10-12-26(13-11-16)15-19-20(23)4-3-5-21(19)24/h2-9,16H,1,10-15H2,(H,25,27). The number of anilines is 1. The van der Waals surface area contributed by atoms with Gasteiger partial charge in [0, 0.05) is 28.7 Å². The predicted molar refractivity (Wildman–Crippen MR) is 110 cm³/mol. The first kappa shape index (κ1) is 20.4. The molecule has 0 aromatic heterocycles. The van der Waals surface area contributed by atoms with E-state index in [-0.39, 0.29) is 17.6 Å². The van der Waals surface area contributed by atoms with Crippen molar-refractivity contribution in [2.45, 2.75) is 19.4 Å². The minimum absolute atomic E-state index is 0.0170. The minimum Gasteiger partial charge on any atom is -0.490 e. The van der Waals surface area contributed by atoms with Crippen molar-refractivity contribution in [3.8, 4) is 5.75 Å². The summed E-state index contributed by atoms with van der Waals surface area (Å²) in [7, 11) is 0. The van der Waals surface area contributed by atoms with E-state index in [0.717, 1.165) is 37.4 Å². The molecule has 4 nitrogen and oxygen atoms in total. The Hall–Kier alpha value is -2.37. The Bertz CT molecular complexity index is 798. The molecule has 2 aromatic carbocycles. The third-order valence-corrected chi connectivity index (χ3v) is 5.25. The van der Waals surface area contributed by atoms with Crippen molar-refractivity contribution in [2.75, 3.05) is 25.0 Å². The van der Waals surface area contributed by atoms with Crippen LogP contribution in [0.3, 0.4) is 0 Å². The van der Waals surface area contributed by atoms with E-state index in [0.29, 0.717) is 23.7 Å². The average molecular weight is 403 g/mol. The predicted octanol–water partition coefficient (Wildman–Crippen LogP) is 4.89. The van der Waals surface area contributed by atoms with Gasteiger partial charge in [-0.1, -0.05) is 30.3 Å². The van der Waals surface area contributed by atoms with Gasteiger partial charge in [-0.2, -0.15) is 0 Å². The molecular formula is C22H24ClFN2O2. The minimum atomic E-state index is -0.284. The van der Waals surface area contributed by atoms with E-state index in [1.807, 2.05) is 24.3 Å². The molecule has 1 saturated heterocycles. The lowest BCUT2D eigenvalue weighted by molar-refractivity contribution is -0.121. The Morgan fingerprint density at radius 1 is 1.25 bits per heavy atom. The quantitative estimate of drug-likeness (QED) is 0.670. The third kappa shape index (κ3) is 5.33. The summed E-state index contributed by atoms with van der Waals surface area (Å²) in [6.07, 6.45) is 3.15. The highest BCUT2D eigenvalue weighted by molar-refractivity contribution is 6.31. The lowest BCUT2D eigenvalue weighted by atomic mass is 9.95. The van der Waals surface area contributed by atoms with Crippen LogP contribution in [0.1, 0.15) is 18.4 Å². The number of piperidine rings is 1. The highest BCUT2D eigenvalue weighted by Gasteiger charge is 2.26. The van der Waals surface area contributed by atoms with Gasteiger partial charge in [-0.25, -0.2) is 4.39 Å². The molecule has 148 valence electrons. The van der Waals surface area contributed by atoms with Gasteiger partial charge in [0.1, 0.15) is 18.2 Å². The number of rotatable bonds is 7. The number of benzene rings is 2. The molecule has 1 aliphatic rings. The van der Waals surface area contributed by atoms with Gasteiger partial charge in [0.05, 0.1) is 0 Å². The average Bonchev–Trinajstić information content (AvgIpc) is 2.71. The fourth-order valence-electron chi connectivity index (χ4n) is 3.29. The number of carbonyl (C=O) groups is 1. The van der Waals surface area contributed by atoms with Crippen LogP contribution in [0.4, 0.5) is 10.1 Å². The smallest absolute Gasteiger partial charge is 0.227 e. The number of likely N-dealkylation sites (tertiary alicyclic amines) is 1. The first-order chi connectivity index (χ1) is 13.6. The van der Waals surface area contributed by atoms with Crippen molar-refractivity contribution in [1.29, 1.82) is 0 Å². The Labute approximate surface area is 169 Å². The number of nitrogens with zero attached hydrogens (tertiary/aromatic N) is 1. The second kappa shape index (κ2) is 9.71. The van der Waals surface area contributed by atoms with Crippen molar-refractivity contribution in [3.63, 3.8) is 0 Å². The summed E-state index contributed by atoms with van der Waals surface area (Å²) in [5.74, 6) is 0.415. The Kier molecular flexibility index (Phi) is 7.06. The lowest BCUT2D eigenvalue weighted by Gasteiger charge is -2.31. The van der Waals surface area contributed by atoms with Crippen LogP contribution in [-0.2, 0) is 11.3 Å². The van der Waals surface area contributed by atoms with E-state index >= 15 is 0 Å². The Morgan fingerprint density at radius 3 is 2.61 bits per heavy atom. The molecule has 0 spiro atoms. The molecule has 1 amide bonds. The number of amides is 1. The van der Waals surface area contributed by atoms with Crippen LogP contribution in [0.25, 0.3) is 0 Å². The molecule has 1 fully saturated rings. The van der Waals surface area contributed by atoms with Gasteiger partial charge < -0.3 is 10.1 Å². The molecule has 0 saturated carbocycles. The molecule has 1 N–H and O–H groups in total. The molecule has 1 aliphatic heterocycles. The van der Waals surface area contributed by atoms with Crippen molar-refractivity contribution >= 4 is 23.2 Å². The third-order valence-electron chi connectivity index (χ3n) is 4.89. The van der Waals surface area contributed by atoms with Gasteiger partial charge in [0.25, 0.3) is 0 Å². The number of hydrogen-bond acceptors (Lipinski definition) is 3. The van der Waals surface area contributed by atoms with Gasteiger partial charge in [-0.15, -0.1) is 0 Å². The van der Waals surface area contributed by atoms with Crippen LogP contribution in [0.5, 0.6) is 5.75 Å². The maximum Gasteiger partial charge on any atom is 0.227 e. The molecule has 3 rings (SSSR count). The van der Waals surface area contributed by atoms with Gasteiger partial charge in [0.2, 0.25) is 5.91 Å². The number of halogens is 2. The summed E-state index contributed by atoms with van der Waals surface area (Å²) in [6.45, 7) is 5.99. The lowest BCUT2D eigenvalue weighted by Crippen LogP contribution is -2.38. The SMILES string of the molecule is C=CCOc1ccc(NC(=O)C2CCN(Cc3c(F)cccc3Cl)CC2)cc1. The number of carbonyl (C=O) groups excluding carboxylic acids is 1. The van der Waals surface area contributed by atoms with Crippen molar-refractivity contribution in [2.24, 2.45) is 5.92 Å². The Balaban J connectivity index is 1.49. The summed E-state index contributed by atoms with van der Waals surface area (Å²) in [5.41, 5.74) is 1.27. The molecule has 0 radical (unpaired) electrons. The van der Waals surface area contributed by atoms with Gasteiger partial charge in [-0.3, -0.25) is 9.69 Å². The molecule has 0 aliphatic carbocycles. The van der Waals surface area contributed by atoms with E-state index in [1.165, 1.54) is 6.07 Å². The van der Waals surface area contributed by atoms with Crippen LogP contribution >= 0.6 is 11.6 Å². The second-order valence-electron chi connectivity index (χ2n) is 6.86. The van der Waals surface area contributed by atoms with Gasteiger partial charge in [-0.05, 0) is 62.3 Å². The molecule has 2 aromatic rings. The summed E-state index contributed by atoms with van der Waals surface area (Å²) in [4.78, 5) is 14.7. The van der Waals surface area contributed by atoms with Crippen LogP contribution in [0, 0.1) is 11.7 Å². The van der Waals surface area contributed by atoms with E-state index in [9.17, 15) is 9.18 Å². The maximum absolute atomic E-state index is 14.0. The van der Waals surface area contributed by atoms with Crippen LogP contribution in [0.2, 0.25) is 5.02 Å². The highest BCUT2D eigenvalue weighted by Crippen LogP contribution is 2.25. The molecule has 0 bridgehead atoms. The van der Waals surface area contributed by atoms with Crippen molar-refractivity contribution < 1.29 is 13.9 Å². The first-order valence-electron chi connectivity index (χ1n) is 9.36. The van der Waals surface area contributed by atoms with Crippen molar-refractivity contribution in [3.05, 3.63) is 71.5 Å². The zero-order valence-corrected chi connectivity index (χ0v) is 16.4. The summed E-state index contributed by atoms with van der Waals surface area (Å²) >= 11 is 6.11. The summed E-state index contributed by atoms with van der Waals surface area (Å²) < 4.78 is 19.4. The second-order valence-corrected chi connectivity index (χ2v) is 7.27. The molecule has 6 heteroatoms. The first-order valence-corrected chi connectivity index (χ1v) is 9.74. The summed E-state index contributed by atoms with van der Waals surface area (Å²) in [6, 6.07) is 12.0.